The molecule has 3 rings (SSSR count). The van der Waals surface area contributed by atoms with Crippen molar-refractivity contribution in [3.8, 4) is 11.1 Å². The van der Waals surface area contributed by atoms with Crippen molar-refractivity contribution in [2.24, 2.45) is 0 Å². The van der Waals surface area contributed by atoms with Crippen molar-refractivity contribution in [3.05, 3.63) is 90.8 Å². The highest BCUT2D eigenvalue weighted by atomic mass is 16.1. The molecule has 0 aliphatic heterocycles. The Labute approximate surface area is 135 Å². The molecule has 3 heteroatoms. The number of pyridine rings is 1. The molecule has 1 heterocycles. The van der Waals surface area contributed by atoms with Crippen LogP contribution in [0.1, 0.15) is 5.56 Å². The molecule has 1 amide bonds. The van der Waals surface area contributed by atoms with Crippen LogP contribution >= 0.6 is 0 Å². The summed E-state index contributed by atoms with van der Waals surface area (Å²) in [6, 6.07) is 21.3. The van der Waals surface area contributed by atoms with Gasteiger partial charge in [-0.25, -0.2) is 0 Å². The quantitative estimate of drug-likeness (QED) is 0.726. The number of hydrogen-bond acceptors (Lipinski definition) is 2. The van der Waals surface area contributed by atoms with Crippen LogP contribution in [-0.4, -0.2) is 10.9 Å². The van der Waals surface area contributed by atoms with Gasteiger partial charge in [-0.05, 0) is 35.4 Å². The van der Waals surface area contributed by atoms with Crippen LogP contribution in [0.5, 0.6) is 0 Å². The number of carbonyl (C=O) groups is 1. The molecule has 0 spiro atoms. The van der Waals surface area contributed by atoms with Crippen LogP contribution < -0.4 is 5.32 Å². The standard InChI is InChI=1S/C20H16N2O/c23-20(12-11-16-6-2-1-3-7-16)22-19-10-4-8-17(14-19)18-9-5-13-21-15-18/h1-15H,(H,22,23)/b12-11+. The smallest absolute Gasteiger partial charge is 0.248 e. The molecule has 1 N–H and O–H groups in total. The minimum atomic E-state index is -0.155. The van der Waals surface area contributed by atoms with Gasteiger partial charge in [-0.1, -0.05) is 48.5 Å². The lowest BCUT2D eigenvalue weighted by Crippen LogP contribution is -2.07. The second kappa shape index (κ2) is 7.18. The Bertz CT molecular complexity index is 811. The molecule has 0 aliphatic carbocycles. The van der Waals surface area contributed by atoms with Crippen molar-refractivity contribution >= 4 is 17.7 Å². The minimum Gasteiger partial charge on any atom is -0.322 e. The largest absolute Gasteiger partial charge is 0.322 e. The van der Waals surface area contributed by atoms with E-state index in [4.69, 9.17) is 0 Å². The Morgan fingerprint density at radius 3 is 2.52 bits per heavy atom. The lowest BCUT2D eigenvalue weighted by atomic mass is 10.1. The normalized spacial score (nSPS) is 10.6. The lowest BCUT2D eigenvalue weighted by Gasteiger charge is -2.06. The summed E-state index contributed by atoms with van der Waals surface area (Å²) in [6.07, 6.45) is 6.87. The van der Waals surface area contributed by atoms with Gasteiger partial charge >= 0.3 is 0 Å². The molecule has 0 aliphatic rings. The maximum Gasteiger partial charge on any atom is 0.248 e. The van der Waals surface area contributed by atoms with E-state index in [1.807, 2.05) is 66.7 Å². The molecule has 0 atom stereocenters. The lowest BCUT2D eigenvalue weighted by molar-refractivity contribution is -0.111. The molecule has 3 aromatic rings. The van der Waals surface area contributed by atoms with Crippen LogP contribution in [0.15, 0.2) is 85.2 Å². The van der Waals surface area contributed by atoms with Crippen LogP contribution in [0.25, 0.3) is 17.2 Å². The highest BCUT2D eigenvalue weighted by Gasteiger charge is 2.01. The highest BCUT2D eigenvalue weighted by Crippen LogP contribution is 2.21. The van der Waals surface area contributed by atoms with Crippen LogP contribution in [0.2, 0.25) is 0 Å². The van der Waals surface area contributed by atoms with Gasteiger partial charge in [0.05, 0.1) is 0 Å². The topological polar surface area (TPSA) is 42.0 Å². The van der Waals surface area contributed by atoms with Gasteiger partial charge in [-0.15, -0.1) is 0 Å². The average molecular weight is 300 g/mol. The van der Waals surface area contributed by atoms with Gasteiger partial charge in [0.15, 0.2) is 0 Å². The molecule has 3 nitrogen and oxygen atoms in total. The first kappa shape index (κ1) is 14.7. The van der Waals surface area contributed by atoms with Crippen molar-refractivity contribution in [2.75, 3.05) is 5.32 Å². The van der Waals surface area contributed by atoms with E-state index in [1.165, 1.54) is 6.08 Å². The van der Waals surface area contributed by atoms with Crippen LogP contribution in [0, 0.1) is 0 Å². The molecule has 0 unspecified atom stereocenters. The molecular weight excluding hydrogens is 284 g/mol. The van der Waals surface area contributed by atoms with Crippen molar-refractivity contribution < 1.29 is 4.79 Å². The van der Waals surface area contributed by atoms with E-state index in [9.17, 15) is 4.79 Å². The van der Waals surface area contributed by atoms with E-state index < -0.39 is 0 Å². The summed E-state index contributed by atoms with van der Waals surface area (Å²) in [4.78, 5) is 16.1. The van der Waals surface area contributed by atoms with Gasteiger partial charge in [0.2, 0.25) is 5.91 Å². The first-order chi connectivity index (χ1) is 11.3. The fraction of sp³-hybridized carbons (Fsp3) is 0. The summed E-state index contributed by atoms with van der Waals surface area (Å²) in [5, 5.41) is 2.88. The zero-order valence-electron chi connectivity index (χ0n) is 12.5. The first-order valence-corrected chi connectivity index (χ1v) is 7.36. The highest BCUT2D eigenvalue weighted by molar-refractivity contribution is 6.02. The van der Waals surface area contributed by atoms with E-state index >= 15 is 0 Å². The van der Waals surface area contributed by atoms with E-state index in [-0.39, 0.29) is 5.91 Å². The third-order valence-electron chi connectivity index (χ3n) is 3.35. The van der Waals surface area contributed by atoms with Crippen LogP contribution in [-0.2, 0) is 4.79 Å². The predicted molar refractivity (Wildman–Crippen MR) is 93.8 cm³/mol. The summed E-state index contributed by atoms with van der Waals surface area (Å²) in [5.74, 6) is -0.155. The van der Waals surface area contributed by atoms with Gasteiger partial charge < -0.3 is 5.32 Å². The van der Waals surface area contributed by atoms with Crippen molar-refractivity contribution in [2.45, 2.75) is 0 Å². The van der Waals surface area contributed by atoms with Crippen molar-refractivity contribution in [1.82, 2.24) is 4.98 Å². The summed E-state index contributed by atoms with van der Waals surface area (Å²) < 4.78 is 0. The average Bonchev–Trinajstić information content (AvgIpc) is 2.62. The maximum absolute atomic E-state index is 12.0. The second-order valence-electron chi connectivity index (χ2n) is 5.06. The van der Waals surface area contributed by atoms with Gasteiger partial charge in [0, 0.05) is 29.7 Å². The van der Waals surface area contributed by atoms with Gasteiger partial charge in [-0.2, -0.15) is 0 Å². The van der Waals surface area contributed by atoms with Crippen molar-refractivity contribution in [3.63, 3.8) is 0 Å². The van der Waals surface area contributed by atoms with Gasteiger partial charge in [-0.3, -0.25) is 9.78 Å². The number of rotatable bonds is 4. The third-order valence-corrected chi connectivity index (χ3v) is 3.35. The molecule has 1 aromatic heterocycles. The maximum atomic E-state index is 12.0. The number of anilines is 1. The molecule has 0 fully saturated rings. The Kier molecular flexibility index (Phi) is 4.60. The fourth-order valence-electron chi connectivity index (χ4n) is 2.23. The predicted octanol–water partition coefficient (Wildman–Crippen LogP) is 4.40. The summed E-state index contributed by atoms with van der Waals surface area (Å²) >= 11 is 0. The number of nitrogens with zero attached hydrogens (tertiary/aromatic N) is 1. The number of benzene rings is 2. The molecule has 0 bridgehead atoms. The van der Waals surface area contributed by atoms with Crippen LogP contribution in [0.3, 0.4) is 0 Å². The number of nitrogens with one attached hydrogen (secondary N) is 1. The third kappa shape index (κ3) is 4.14. The minimum absolute atomic E-state index is 0.155. The molecular formula is C20H16N2O. The number of hydrogen-bond donors (Lipinski definition) is 1. The molecule has 23 heavy (non-hydrogen) atoms. The molecule has 112 valence electrons. The summed E-state index contributed by atoms with van der Waals surface area (Å²) in [6.45, 7) is 0. The zero-order valence-corrected chi connectivity index (χ0v) is 12.5. The number of aromatic nitrogens is 1. The zero-order chi connectivity index (χ0) is 15.9. The summed E-state index contributed by atoms with van der Waals surface area (Å²) in [5.41, 5.74) is 3.78. The Hall–Kier alpha value is -3.20. The Morgan fingerprint density at radius 1 is 0.913 bits per heavy atom. The molecule has 2 aromatic carbocycles. The first-order valence-electron chi connectivity index (χ1n) is 7.36. The van der Waals surface area contributed by atoms with Crippen molar-refractivity contribution in [1.29, 1.82) is 0 Å². The number of carbonyl (C=O) groups excluding carboxylic acids is 1. The molecule has 0 radical (unpaired) electrons. The van der Waals surface area contributed by atoms with Gasteiger partial charge in [0.1, 0.15) is 0 Å². The molecule has 0 saturated carbocycles. The van der Waals surface area contributed by atoms with E-state index in [0.29, 0.717) is 0 Å². The SMILES string of the molecule is O=C(/C=C/c1ccccc1)Nc1cccc(-c2cccnc2)c1. The summed E-state index contributed by atoms with van der Waals surface area (Å²) in [7, 11) is 0. The molecule has 0 saturated heterocycles. The Balaban J connectivity index is 1.71. The fourth-order valence-corrected chi connectivity index (χ4v) is 2.23. The van der Waals surface area contributed by atoms with E-state index in [1.54, 1.807) is 18.5 Å². The van der Waals surface area contributed by atoms with E-state index in [2.05, 4.69) is 10.3 Å². The van der Waals surface area contributed by atoms with Gasteiger partial charge in [0.25, 0.3) is 0 Å². The number of amides is 1. The van der Waals surface area contributed by atoms with Crippen LogP contribution in [0.4, 0.5) is 5.69 Å². The van der Waals surface area contributed by atoms with E-state index in [0.717, 1.165) is 22.4 Å². The second-order valence-corrected chi connectivity index (χ2v) is 5.06. The Morgan fingerprint density at radius 2 is 1.74 bits per heavy atom. The monoisotopic (exact) mass is 300 g/mol.